The fraction of sp³-hybridized carbons (Fsp3) is 0.333. The third-order valence-electron chi connectivity index (χ3n) is 4.95. The minimum atomic E-state index is -3.73. The van der Waals surface area contributed by atoms with Gasteiger partial charge in [-0.25, -0.2) is 13.1 Å². The van der Waals surface area contributed by atoms with Gasteiger partial charge in [-0.15, -0.1) is 0 Å². The first-order valence-corrected chi connectivity index (χ1v) is 12.9. The van der Waals surface area contributed by atoms with E-state index in [1.807, 2.05) is 25.1 Å². The van der Waals surface area contributed by atoms with E-state index in [4.69, 9.17) is 14.2 Å². The van der Waals surface area contributed by atoms with Crippen molar-refractivity contribution >= 4 is 21.4 Å². The number of thiophene rings is 1. The molecule has 1 aromatic heterocycles. The molecule has 0 aliphatic carbocycles. The van der Waals surface area contributed by atoms with Crippen molar-refractivity contribution in [3.8, 4) is 17.2 Å². The maximum atomic E-state index is 12.7. The van der Waals surface area contributed by atoms with Gasteiger partial charge < -0.3 is 14.2 Å². The van der Waals surface area contributed by atoms with E-state index in [1.165, 1.54) is 31.9 Å². The van der Waals surface area contributed by atoms with Crippen molar-refractivity contribution in [2.24, 2.45) is 0 Å². The summed E-state index contributed by atoms with van der Waals surface area (Å²) in [5, 5.41) is 4.24. The zero-order valence-electron chi connectivity index (χ0n) is 19.3. The molecule has 3 aromatic rings. The van der Waals surface area contributed by atoms with Gasteiger partial charge in [-0.05, 0) is 66.2 Å². The largest absolute Gasteiger partial charge is 0.493 e. The van der Waals surface area contributed by atoms with E-state index in [-0.39, 0.29) is 17.5 Å². The second kappa shape index (κ2) is 11.5. The van der Waals surface area contributed by atoms with Crippen LogP contribution in [0.4, 0.5) is 0 Å². The van der Waals surface area contributed by atoms with E-state index in [0.29, 0.717) is 17.2 Å². The Balaban J connectivity index is 1.56. The molecule has 0 fully saturated rings. The molecule has 9 heteroatoms. The highest BCUT2D eigenvalue weighted by atomic mass is 32.2. The van der Waals surface area contributed by atoms with Gasteiger partial charge >= 0.3 is 0 Å². The summed E-state index contributed by atoms with van der Waals surface area (Å²) < 4.78 is 44.3. The normalized spacial score (nSPS) is 12.5. The van der Waals surface area contributed by atoms with Crippen LogP contribution in [-0.4, -0.2) is 47.2 Å². The highest BCUT2D eigenvalue weighted by Crippen LogP contribution is 2.29. The fourth-order valence-corrected chi connectivity index (χ4v) is 5.14. The number of methoxy groups -OCH3 is 2. The van der Waals surface area contributed by atoms with Crippen LogP contribution < -0.4 is 18.9 Å². The predicted molar refractivity (Wildman–Crippen MR) is 131 cm³/mol. The van der Waals surface area contributed by atoms with Crippen molar-refractivity contribution in [2.45, 2.75) is 31.0 Å². The maximum absolute atomic E-state index is 12.7. The Morgan fingerprint density at radius 1 is 1.00 bits per heavy atom. The molecule has 0 unspecified atom stereocenters. The van der Waals surface area contributed by atoms with Crippen molar-refractivity contribution in [3.63, 3.8) is 0 Å². The monoisotopic (exact) mass is 490 g/mol. The van der Waals surface area contributed by atoms with Crippen LogP contribution in [0, 0.1) is 0 Å². The van der Waals surface area contributed by atoms with E-state index in [2.05, 4.69) is 39.6 Å². The van der Waals surface area contributed by atoms with Gasteiger partial charge in [0.25, 0.3) is 0 Å². The molecule has 0 spiro atoms. The average molecular weight is 491 g/mol. The lowest BCUT2D eigenvalue weighted by Crippen LogP contribution is -2.33. The number of nitrogens with zero attached hydrogens (tertiary/aromatic N) is 1. The Bertz CT molecular complexity index is 1130. The number of ether oxygens (including phenoxy) is 3. The van der Waals surface area contributed by atoms with Gasteiger partial charge in [0.2, 0.25) is 10.0 Å². The van der Waals surface area contributed by atoms with Crippen LogP contribution in [0.25, 0.3) is 0 Å². The smallest absolute Gasteiger partial charge is 0.240 e. The molecule has 0 saturated carbocycles. The second-order valence-electron chi connectivity index (χ2n) is 7.75. The minimum absolute atomic E-state index is 0.100. The summed E-state index contributed by atoms with van der Waals surface area (Å²) >= 11 is 1.70. The van der Waals surface area contributed by atoms with Gasteiger partial charge in [-0.3, -0.25) is 4.90 Å². The first-order valence-electron chi connectivity index (χ1n) is 10.5. The van der Waals surface area contributed by atoms with E-state index >= 15 is 0 Å². The average Bonchev–Trinajstić information content (AvgIpc) is 3.30. The Morgan fingerprint density at radius 2 is 1.76 bits per heavy atom. The van der Waals surface area contributed by atoms with Gasteiger partial charge in [0.1, 0.15) is 11.9 Å². The first kappa shape index (κ1) is 25.0. The first-order chi connectivity index (χ1) is 15.8. The third kappa shape index (κ3) is 7.20. The third-order valence-corrected chi connectivity index (χ3v) is 7.10. The molecule has 1 N–H and O–H groups in total. The zero-order chi connectivity index (χ0) is 23.8. The fourth-order valence-electron chi connectivity index (χ4n) is 3.35. The quantitative estimate of drug-likeness (QED) is 0.411. The molecule has 178 valence electrons. The van der Waals surface area contributed by atoms with E-state index in [9.17, 15) is 8.42 Å². The lowest BCUT2D eigenvalue weighted by molar-refractivity contribution is 0.224. The van der Waals surface area contributed by atoms with Crippen LogP contribution >= 0.6 is 11.3 Å². The number of rotatable bonds is 12. The summed E-state index contributed by atoms with van der Waals surface area (Å²) in [7, 11) is 1.32. The molecule has 2 aromatic carbocycles. The highest BCUT2D eigenvalue weighted by Gasteiger charge is 2.18. The molecule has 1 heterocycles. The zero-order valence-corrected chi connectivity index (χ0v) is 20.9. The topological polar surface area (TPSA) is 77.1 Å². The van der Waals surface area contributed by atoms with Crippen LogP contribution in [0.1, 0.15) is 18.1 Å². The van der Waals surface area contributed by atoms with Gasteiger partial charge in [-0.1, -0.05) is 12.1 Å². The molecule has 0 bridgehead atoms. The molecule has 33 heavy (non-hydrogen) atoms. The van der Waals surface area contributed by atoms with Crippen molar-refractivity contribution in [3.05, 3.63) is 70.4 Å². The van der Waals surface area contributed by atoms with Gasteiger partial charge in [0, 0.05) is 25.7 Å². The van der Waals surface area contributed by atoms with Crippen LogP contribution in [-0.2, 0) is 23.1 Å². The number of hydrogen-bond donors (Lipinski definition) is 1. The Morgan fingerprint density at radius 3 is 2.45 bits per heavy atom. The van der Waals surface area contributed by atoms with Crippen molar-refractivity contribution in [1.82, 2.24) is 9.62 Å². The van der Waals surface area contributed by atoms with Crippen molar-refractivity contribution in [1.29, 1.82) is 0 Å². The summed E-state index contributed by atoms with van der Waals surface area (Å²) in [4.78, 5) is 2.34. The van der Waals surface area contributed by atoms with Crippen LogP contribution in [0.3, 0.4) is 0 Å². The van der Waals surface area contributed by atoms with E-state index in [1.54, 1.807) is 17.4 Å². The van der Waals surface area contributed by atoms with Gasteiger partial charge in [0.05, 0.1) is 19.1 Å². The molecule has 7 nitrogen and oxygen atoms in total. The molecular weight excluding hydrogens is 460 g/mol. The summed E-state index contributed by atoms with van der Waals surface area (Å²) in [6, 6.07) is 14.5. The highest BCUT2D eigenvalue weighted by molar-refractivity contribution is 7.89. The summed E-state index contributed by atoms with van der Waals surface area (Å²) in [6.45, 7) is 3.61. The lowest BCUT2D eigenvalue weighted by atomic mass is 10.2. The lowest BCUT2D eigenvalue weighted by Gasteiger charge is -2.19. The molecule has 1 atom stereocenters. The molecule has 3 rings (SSSR count). The van der Waals surface area contributed by atoms with Gasteiger partial charge in [0.15, 0.2) is 11.5 Å². The summed E-state index contributed by atoms with van der Waals surface area (Å²) in [6.07, 6.45) is -0.362. The van der Waals surface area contributed by atoms with E-state index in [0.717, 1.165) is 18.7 Å². The predicted octanol–water partition coefficient (Wildman–Crippen LogP) is 4.14. The molecule has 0 amide bonds. The Kier molecular flexibility index (Phi) is 8.74. The molecule has 0 saturated heterocycles. The molecule has 0 aliphatic heterocycles. The van der Waals surface area contributed by atoms with Crippen molar-refractivity contribution in [2.75, 3.05) is 27.8 Å². The van der Waals surface area contributed by atoms with Gasteiger partial charge in [-0.2, -0.15) is 11.3 Å². The number of nitrogens with one attached hydrogen (secondary N) is 1. The minimum Gasteiger partial charge on any atom is -0.493 e. The Labute approximate surface area is 200 Å². The van der Waals surface area contributed by atoms with Crippen LogP contribution in [0.15, 0.2) is 64.2 Å². The SMILES string of the molecule is COc1ccc(S(=O)(=O)NC[C@@H](C)Oc2cccc(CN(C)Cc3ccsc3)c2)cc1OC. The van der Waals surface area contributed by atoms with E-state index < -0.39 is 10.0 Å². The van der Waals surface area contributed by atoms with Crippen LogP contribution in [0.2, 0.25) is 0 Å². The molecule has 0 radical (unpaired) electrons. The van der Waals surface area contributed by atoms with Crippen molar-refractivity contribution < 1.29 is 22.6 Å². The maximum Gasteiger partial charge on any atom is 0.240 e. The summed E-state index contributed by atoms with van der Waals surface area (Å²) in [5.74, 6) is 1.52. The standard InChI is InChI=1S/C24H30N2O5S2/c1-18(14-25-33(27,28)22-8-9-23(29-3)24(13-22)30-4)31-21-7-5-6-19(12-21)15-26(2)16-20-10-11-32-17-20/h5-13,17-18,25H,14-16H2,1-4H3/t18-/m1/s1. The van der Waals surface area contributed by atoms with Crippen LogP contribution in [0.5, 0.6) is 17.2 Å². The number of benzene rings is 2. The second-order valence-corrected chi connectivity index (χ2v) is 10.3. The number of hydrogen-bond acceptors (Lipinski definition) is 7. The number of sulfonamides is 1. The Hall–Kier alpha value is -2.59. The summed E-state index contributed by atoms with van der Waals surface area (Å²) in [5.41, 5.74) is 2.42. The molecular formula is C24H30N2O5S2. The molecule has 0 aliphatic rings.